The number of fused-ring (bicyclic) bond motifs is 2. The molecule has 170 valence electrons. The molecule has 2 aliphatic rings. The molecule has 0 saturated carbocycles. The summed E-state index contributed by atoms with van der Waals surface area (Å²) in [5.74, 6) is 1.68. The van der Waals surface area contributed by atoms with Gasteiger partial charge in [-0.3, -0.25) is 9.69 Å². The normalized spacial score (nSPS) is 18.3. The van der Waals surface area contributed by atoms with E-state index in [-0.39, 0.29) is 18.4 Å². The molecule has 1 atom stereocenters. The van der Waals surface area contributed by atoms with Crippen molar-refractivity contribution < 1.29 is 18.3 Å². The molecule has 4 rings (SSSR count). The fraction of sp³-hybridized carbons (Fsp3) is 0.391. The Morgan fingerprint density at radius 2 is 2.00 bits per heavy atom. The van der Waals surface area contributed by atoms with Crippen LogP contribution in [0.5, 0.6) is 11.5 Å². The first-order valence-corrected chi connectivity index (χ1v) is 10.9. The third kappa shape index (κ3) is 4.86. The van der Waals surface area contributed by atoms with E-state index in [9.17, 15) is 13.6 Å². The van der Waals surface area contributed by atoms with Gasteiger partial charge in [0.25, 0.3) is 0 Å². The van der Waals surface area contributed by atoms with Crippen molar-refractivity contribution >= 4 is 29.0 Å². The van der Waals surface area contributed by atoms with Crippen LogP contribution >= 0.6 is 11.6 Å². The van der Waals surface area contributed by atoms with Crippen LogP contribution in [-0.4, -0.2) is 73.7 Å². The zero-order chi connectivity index (χ0) is 22.7. The lowest BCUT2D eigenvalue weighted by atomic mass is 10.1. The van der Waals surface area contributed by atoms with E-state index < -0.39 is 19.4 Å². The smallest absolute Gasteiger partial charge is 0.222 e. The first-order valence-electron chi connectivity index (χ1n) is 10.5. The Morgan fingerprint density at radius 3 is 2.78 bits per heavy atom. The molecular weight excluding hydrogens is 438 g/mol. The minimum Gasteiger partial charge on any atom is -0.454 e. The van der Waals surface area contributed by atoms with E-state index in [0.717, 1.165) is 11.4 Å². The summed E-state index contributed by atoms with van der Waals surface area (Å²) in [6.45, 7) is 0.0884. The van der Waals surface area contributed by atoms with Crippen LogP contribution in [0.1, 0.15) is 12.0 Å². The summed E-state index contributed by atoms with van der Waals surface area (Å²) in [6.07, 6.45) is 0.136. The van der Waals surface area contributed by atoms with Gasteiger partial charge in [0.2, 0.25) is 5.91 Å². The Morgan fingerprint density at radius 1 is 1.22 bits per heavy atom. The first kappa shape index (κ1) is 22.5. The summed E-state index contributed by atoms with van der Waals surface area (Å²) in [4.78, 5) is 21.5. The minimum atomic E-state index is -1.09. The van der Waals surface area contributed by atoms with Gasteiger partial charge in [-0.25, -0.2) is 13.8 Å². The van der Waals surface area contributed by atoms with Crippen LogP contribution in [0.3, 0.4) is 0 Å². The Bertz CT molecular complexity index is 1020. The number of alkyl halides is 2. The Kier molecular flexibility index (Phi) is 6.91. The number of aliphatic imine (C=N–C) groups is 1. The van der Waals surface area contributed by atoms with Gasteiger partial charge in [-0.15, -0.1) is 0 Å². The van der Waals surface area contributed by atoms with E-state index in [1.54, 1.807) is 18.2 Å². The molecule has 0 aromatic heterocycles. The summed E-state index contributed by atoms with van der Waals surface area (Å²) >= 11 is 6.20. The topological polar surface area (TPSA) is 57.2 Å². The average Bonchev–Trinajstić information content (AvgIpc) is 2.95. The lowest BCUT2D eigenvalue weighted by molar-refractivity contribution is -0.123. The molecule has 0 spiro atoms. The summed E-state index contributed by atoms with van der Waals surface area (Å²) in [6, 6.07) is 11.8. The number of carbonyl (C=O) groups excluding carboxylic acids is 1. The maximum atomic E-state index is 12.8. The zero-order valence-corrected chi connectivity index (χ0v) is 18.5. The van der Waals surface area contributed by atoms with Crippen LogP contribution in [0.15, 0.2) is 47.5 Å². The van der Waals surface area contributed by atoms with E-state index in [0.29, 0.717) is 41.8 Å². The molecule has 0 bridgehead atoms. The van der Waals surface area contributed by atoms with E-state index in [1.165, 1.54) is 0 Å². The van der Waals surface area contributed by atoms with Crippen LogP contribution in [0.2, 0.25) is 5.02 Å². The number of likely N-dealkylation sites (N-methyl/N-ethyl adjacent to an activating group) is 1. The van der Waals surface area contributed by atoms with Crippen molar-refractivity contribution in [2.75, 3.05) is 40.0 Å². The zero-order valence-electron chi connectivity index (χ0n) is 17.7. The second-order valence-electron chi connectivity index (χ2n) is 8.00. The van der Waals surface area contributed by atoms with Gasteiger partial charge >= 0.3 is 0 Å². The number of benzene rings is 2. The molecule has 1 N–H and O–H groups in total. The number of carbonyl (C=O) groups is 1. The molecule has 0 radical (unpaired) electrons. The van der Waals surface area contributed by atoms with Gasteiger partial charge < -0.3 is 15.0 Å². The van der Waals surface area contributed by atoms with Gasteiger partial charge in [0.05, 0.1) is 11.6 Å². The highest BCUT2D eigenvalue weighted by Gasteiger charge is 2.31. The largest absolute Gasteiger partial charge is 0.454 e. The highest BCUT2D eigenvalue weighted by atomic mass is 35.5. The second kappa shape index (κ2) is 9.83. The molecule has 32 heavy (non-hydrogen) atoms. The number of halogens is 3. The van der Waals surface area contributed by atoms with Crippen LogP contribution in [0.25, 0.3) is 0 Å². The van der Waals surface area contributed by atoms with Crippen molar-refractivity contribution in [3.63, 3.8) is 0 Å². The molecule has 6 nitrogen and oxygen atoms in total. The number of ether oxygens (including phenoxy) is 1. The molecule has 9 heteroatoms. The van der Waals surface area contributed by atoms with E-state index in [1.807, 2.05) is 31.3 Å². The number of nitrogens with zero attached hydrogens (tertiary/aromatic N) is 3. The van der Waals surface area contributed by atoms with Crippen molar-refractivity contribution in [1.29, 1.82) is 0 Å². The molecule has 2 aromatic rings. The fourth-order valence-electron chi connectivity index (χ4n) is 3.92. The Balaban J connectivity index is 1.60. The predicted molar refractivity (Wildman–Crippen MR) is 121 cm³/mol. The van der Waals surface area contributed by atoms with E-state index in [4.69, 9.17) is 21.3 Å². The molecule has 1 saturated heterocycles. The van der Waals surface area contributed by atoms with E-state index in [2.05, 4.69) is 15.1 Å². The second-order valence-corrected chi connectivity index (χ2v) is 8.44. The maximum absolute atomic E-state index is 12.8. The van der Waals surface area contributed by atoms with Gasteiger partial charge in [0.1, 0.15) is 30.6 Å². The summed E-state index contributed by atoms with van der Waals surface area (Å²) in [7, 11) is 1.94. The van der Waals surface area contributed by atoms with E-state index >= 15 is 0 Å². The first-order chi connectivity index (χ1) is 15.5. The van der Waals surface area contributed by atoms with Crippen LogP contribution < -0.4 is 10.1 Å². The van der Waals surface area contributed by atoms with Crippen molar-refractivity contribution in [3.8, 4) is 11.5 Å². The third-order valence-corrected chi connectivity index (χ3v) is 5.97. The predicted octanol–water partition coefficient (Wildman–Crippen LogP) is 3.95. The van der Waals surface area contributed by atoms with Gasteiger partial charge in [-0.05, 0) is 37.4 Å². The van der Waals surface area contributed by atoms with Crippen molar-refractivity contribution in [2.45, 2.75) is 18.5 Å². The summed E-state index contributed by atoms with van der Waals surface area (Å²) in [5.41, 5.74) is 1.48. The lowest BCUT2D eigenvalue weighted by Gasteiger charge is -2.40. The molecule has 2 aromatic carbocycles. The van der Waals surface area contributed by atoms with Crippen molar-refractivity contribution in [3.05, 3.63) is 53.1 Å². The maximum Gasteiger partial charge on any atom is 0.222 e. The summed E-state index contributed by atoms with van der Waals surface area (Å²) in [5, 5.41) is 2.98. The van der Waals surface area contributed by atoms with Gasteiger partial charge in [0.15, 0.2) is 5.75 Å². The molecule has 0 aliphatic carbocycles. The monoisotopic (exact) mass is 462 g/mol. The van der Waals surface area contributed by atoms with Crippen LogP contribution in [0.4, 0.5) is 14.5 Å². The van der Waals surface area contributed by atoms with Crippen molar-refractivity contribution in [1.82, 2.24) is 15.1 Å². The highest BCUT2D eigenvalue weighted by Crippen LogP contribution is 2.39. The fourth-order valence-corrected chi connectivity index (χ4v) is 4.08. The highest BCUT2D eigenvalue weighted by molar-refractivity contribution is 6.31. The number of piperazine rings is 1. The third-order valence-electron chi connectivity index (χ3n) is 5.73. The Hall–Kier alpha value is -2.71. The standard InChI is InChI=1S/C23H25ClF2N4O2/c1-29-8-9-30(14-17(29)11-22(31)27-16(12-25)13-26)23-18-4-2-3-5-20(18)32-21-7-6-15(24)10-19(21)28-23/h2-7,10,16-17H,8-9,11-14H2,1H3,(H,27,31). The molecule has 1 fully saturated rings. The van der Waals surface area contributed by atoms with Crippen molar-refractivity contribution in [2.24, 2.45) is 4.99 Å². The summed E-state index contributed by atoms with van der Waals surface area (Å²) < 4.78 is 31.7. The number of rotatable bonds is 5. The Labute approximate surface area is 190 Å². The molecule has 2 heterocycles. The molecule has 1 amide bonds. The number of amides is 1. The van der Waals surface area contributed by atoms with Gasteiger partial charge in [0, 0.05) is 37.1 Å². The minimum absolute atomic E-state index is 0.136. The number of hydrogen-bond acceptors (Lipinski definition) is 5. The van der Waals surface area contributed by atoms with Gasteiger partial charge in [-0.2, -0.15) is 0 Å². The average molecular weight is 463 g/mol. The number of para-hydroxylation sites is 1. The number of hydrogen-bond donors (Lipinski definition) is 1. The quantitative estimate of drug-likeness (QED) is 0.731. The van der Waals surface area contributed by atoms with Gasteiger partial charge in [-0.1, -0.05) is 23.7 Å². The SMILES string of the molecule is CN1CCN(C2=Nc3cc(Cl)ccc3Oc3ccccc32)CC1CC(=O)NC(CF)CF. The lowest BCUT2D eigenvalue weighted by Crippen LogP contribution is -2.55. The molecule has 2 aliphatic heterocycles. The number of nitrogens with one attached hydrogen (secondary N) is 1. The molecular formula is C23H25ClF2N4O2. The molecule has 1 unspecified atom stereocenters. The van der Waals surface area contributed by atoms with Crippen LogP contribution in [-0.2, 0) is 4.79 Å². The number of amidine groups is 1. The van der Waals surface area contributed by atoms with Crippen LogP contribution in [0, 0.1) is 0 Å².